The number of aliphatic hydroxyl groups excluding tert-OH is 1. The van der Waals surface area contributed by atoms with E-state index in [1.165, 1.54) is 5.56 Å². The van der Waals surface area contributed by atoms with Gasteiger partial charge in [-0.15, -0.1) is 0 Å². The minimum atomic E-state index is -0.667. The van der Waals surface area contributed by atoms with Crippen LogP contribution in [0.5, 0.6) is 0 Å². The number of Topliss-reactive ketones (excluding diaryl/α,β-unsaturated/α-hetero) is 1. The van der Waals surface area contributed by atoms with Crippen LogP contribution in [-0.4, -0.2) is 53.8 Å². The van der Waals surface area contributed by atoms with E-state index in [4.69, 9.17) is 11.6 Å². The number of likely N-dealkylation sites (tertiary alicyclic amines) is 1. The SMILES string of the molecule is CC(C)c1ccc(C2/C(=C(\O)c3ccc(Cl)cc3)C(=O)C(=O)N2CCN(C)C)cc1. The van der Waals surface area contributed by atoms with E-state index in [9.17, 15) is 14.7 Å². The highest BCUT2D eigenvalue weighted by Crippen LogP contribution is 2.39. The second-order valence-corrected chi connectivity index (χ2v) is 8.56. The number of ketones is 1. The third-order valence-corrected chi connectivity index (χ3v) is 5.62. The quantitative estimate of drug-likeness (QED) is 0.421. The van der Waals surface area contributed by atoms with E-state index in [2.05, 4.69) is 13.8 Å². The molecule has 0 aromatic heterocycles. The Morgan fingerprint density at radius 2 is 1.67 bits per heavy atom. The monoisotopic (exact) mass is 426 g/mol. The predicted octanol–water partition coefficient (Wildman–Crippen LogP) is 4.45. The highest BCUT2D eigenvalue weighted by atomic mass is 35.5. The van der Waals surface area contributed by atoms with Gasteiger partial charge in [0.15, 0.2) is 0 Å². The summed E-state index contributed by atoms with van der Waals surface area (Å²) in [6.45, 7) is 5.21. The van der Waals surface area contributed by atoms with Crippen LogP contribution in [0.15, 0.2) is 54.1 Å². The molecule has 1 N–H and O–H groups in total. The van der Waals surface area contributed by atoms with E-state index in [-0.39, 0.29) is 11.3 Å². The summed E-state index contributed by atoms with van der Waals surface area (Å²) in [5, 5.41) is 11.5. The van der Waals surface area contributed by atoms with Crippen LogP contribution in [0.1, 0.15) is 42.5 Å². The summed E-state index contributed by atoms with van der Waals surface area (Å²) in [6, 6.07) is 13.8. The molecular weight excluding hydrogens is 400 g/mol. The van der Waals surface area contributed by atoms with Gasteiger partial charge in [-0.1, -0.05) is 49.7 Å². The van der Waals surface area contributed by atoms with Crippen molar-refractivity contribution in [2.24, 2.45) is 0 Å². The Bertz CT molecular complexity index is 963. The summed E-state index contributed by atoms with van der Waals surface area (Å²) < 4.78 is 0. The molecule has 0 bridgehead atoms. The molecule has 1 aliphatic rings. The second kappa shape index (κ2) is 9.02. The Morgan fingerprint density at radius 3 is 2.20 bits per heavy atom. The highest BCUT2D eigenvalue weighted by Gasteiger charge is 2.45. The summed E-state index contributed by atoms with van der Waals surface area (Å²) in [5.41, 5.74) is 2.53. The minimum Gasteiger partial charge on any atom is -0.507 e. The van der Waals surface area contributed by atoms with Gasteiger partial charge in [-0.05, 0) is 55.4 Å². The molecule has 0 radical (unpaired) electrons. The topological polar surface area (TPSA) is 60.9 Å². The molecule has 1 atom stereocenters. The van der Waals surface area contributed by atoms with Gasteiger partial charge in [0.2, 0.25) is 0 Å². The number of likely N-dealkylation sites (N-methyl/N-ethyl adjacent to an activating group) is 1. The molecule has 1 heterocycles. The van der Waals surface area contributed by atoms with Crippen molar-refractivity contribution in [3.8, 4) is 0 Å². The van der Waals surface area contributed by atoms with Crippen LogP contribution in [-0.2, 0) is 9.59 Å². The second-order valence-electron chi connectivity index (χ2n) is 8.12. The number of carbonyl (C=O) groups is 2. The molecule has 0 aliphatic carbocycles. The van der Waals surface area contributed by atoms with Gasteiger partial charge >= 0.3 is 0 Å². The van der Waals surface area contributed by atoms with Crippen LogP contribution in [0.3, 0.4) is 0 Å². The minimum absolute atomic E-state index is 0.110. The molecule has 6 heteroatoms. The standard InChI is InChI=1S/C24H27ClN2O3/c1-15(2)16-5-7-17(8-6-16)21-20(22(28)18-9-11-19(25)12-10-18)23(29)24(30)27(21)14-13-26(3)4/h5-12,15,21,28H,13-14H2,1-4H3/b22-20+. The number of nitrogens with zero attached hydrogens (tertiary/aromatic N) is 2. The van der Waals surface area contributed by atoms with E-state index in [1.54, 1.807) is 29.2 Å². The molecule has 2 aromatic rings. The van der Waals surface area contributed by atoms with Gasteiger partial charge in [0, 0.05) is 23.7 Å². The molecule has 1 fully saturated rings. The van der Waals surface area contributed by atoms with Crippen molar-refractivity contribution in [2.75, 3.05) is 27.2 Å². The van der Waals surface area contributed by atoms with Crippen LogP contribution in [0.2, 0.25) is 5.02 Å². The van der Waals surface area contributed by atoms with Gasteiger partial charge in [0.25, 0.3) is 11.7 Å². The highest BCUT2D eigenvalue weighted by molar-refractivity contribution is 6.46. The van der Waals surface area contributed by atoms with Crippen LogP contribution < -0.4 is 0 Å². The van der Waals surface area contributed by atoms with Gasteiger partial charge in [0.05, 0.1) is 11.6 Å². The third kappa shape index (κ3) is 4.42. The zero-order valence-electron chi connectivity index (χ0n) is 17.7. The van der Waals surface area contributed by atoms with Gasteiger partial charge < -0.3 is 14.9 Å². The fraction of sp³-hybridized carbons (Fsp3) is 0.333. The number of benzene rings is 2. The summed E-state index contributed by atoms with van der Waals surface area (Å²) in [6.07, 6.45) is 0. The average Bonchev–Trinajstić information content (AvgIpc) is 2.97. The molecule has 0 spiro atoms. The lowest BCUT2D eigenvalue weighted by Gasteiger charge is -2.27. The number of rotatable bonds is 6. The van der Waals surface area contributed by atoms with Crippen molar-refractivity contribution >= 4 is 29.1 Å². The van der Waals surface area contributed by atoms with Gasteiger partial charge in [0.1, 0.15) is 5.76 Å². The van der Waals surface area contributed by atoms with Crippen molar-refractivity contribution in [1.29, 1.82) is 0 Å². The lowest BCUT2D eigenvalue weighted by atomic mass is 9.93. The Kier molecular flexibility index (Phi) is 6.64. The van der Waals surface area contributed by atoms with E-state index in [1.807, 2.05) is 43.3 Å². The Hall–Kier alpha value is -2.63. The predicted molar refractivity (Wildman–Crippen MR) is 120 cm³/mol. The van der Waals surface area contributed by atoms with E-state index < -0.39 is 17.7 Å². The van der Waals surface area contributed by atoms with Crippen LogP contribution in [0.4, 0.5) is 0 Å². The average molecular weight is 427 g/mol. The molecule has 1 amide bonds. The summed E-state index contributed by atoms with van der Waals surface area (Å²) in [5.74, 6) is -1.08. The van der Waals surface area contributed by atoms with E-state index in [0.717, 1.165) is 5.56 Å². The summed E-state index contributed by atoms with van der Waals surface area (Å²) in [4.78, 5) is 29.3. The Labute approximate surface area is 182 Å². The van der Waals surface area contributed by atoms with Crippen molar-refractivity contribution in [1.82, 2.24) is 9.80 Å². The maximum atomic E-state index is 13.0. The first-order valence-electron chi connectivity index (χ1n) is 9.99. The third-order valence-electron chi connectivity index (χ3n) is 5.36. The summed E-state index contributed by atoms with van der Waals surface area (Å²) in [7, 11) is 3.83. The lowest BCUT2D eigenvalue weighted by Crippen LogP contribution is -2.35. The maximum Gasteiger partial charge on any atom is 0.295 e. The molecule has 1 aliphatic heterocycles. The normalized spacial score (nSPS) is 18.6. The van der Waals surface area contributed by atoms with Crippen molar-refractivity contribution in [3.63, 3.8) is 0 Å². The fourth-order valence-corrected chi connectivity index (χ4v) is 3.72. The number of halogens is 1. The maximum absolute atomic E-state index is 13.0. The first-order chi connectivity index (χ1) is 14.2. The molecule has 1 saturated heterocycles. The smallest absolute Gasteiger partial charge is 0.295 e. The number of hydrogen-bond donors (Lipinski definition) is 1. The molecule has 2 aromatic carbocycles. The van der Waals surface area contributed by atoms with Crippen molar-refractivity contribution in [2.45, 2.75) is 25.8 Å². The molecular formula is C24H27ClN2O3. The number of carbonyl (C=O) groups excluding carboxylic acids is 2. The number of aliphatic hydroxyl groups is 1. The molecule has 158 valence electrons. The van der Waals surface area contributed by atoms with Crippen LogP contribution in [0.25, 0.3) is 5.76 Å². The summed E-state index contributed by atoms with van der Waals surface area (Å²) >= 11 is 5.96. The van der Waals surface area contributed by atoms with E-state index >= 15 is 0 Å². The zero-order chi connectivity index (χ0) is 22.0. The first kappa shape index (κ1) is 22.1. The van der Waals surface area contributed by atoms with Gasteiger partial charge in [-0.2, -0.15) is 0 Å². The zero-order valence-corrected chi connectivity index (χ0v) is 18.5. The fourth-order valence-electron chi connectivity index (χ4n) is 3.59. The van der Waals surface area contributed by atoms with Crippen LogP contribution >= 0.6 is 11.6 Å². The van der Waals surface area contributed by atoms with E-state index in [0.29, 0.717) is 29.6 Å². The van der Waals surface area contributed by atoms with Gasteiger partial charge in [-0.3, -0.25) is 9.59 Å². The largest absolute Gasteiger partial charge is 0.507 e. The Morgan fingerprint density at radius 1 is 1.07 bits per heavy atom. The van der Waals surface area contributed by atoms with Crippen LogP contribution in [0, 0.1) is 0 Å². The molecule has 3 rings (SSSR count). The molecule has 5 nitrogen and oxygen atoms in total. The van der Waals surface area contributed by atoms with Crippen molar-refractivity contribution < 1.29 is 14.7 Å². The Balaban J connectivity index is 2.12. The molecule has 30 heavy (non-hydrogen) atoms. The number of amides is 1. The number of hydrogen-bond acceptors (Lipinski definition) is 4. The lowest BCUT2D eigenvalue weighted by molar-refractivity contribution is -0.140. The molecule has 1 unspecified atom stereocenters. The van der Waals surface area contributed by atoms with Crippen molar-refractivity contribution in [3.05, 3.63) is 75.8 Å². The molecule has 0 saturated carbocycles. The van der Waals surface area contributed by atoms with Gasteiger partial charge in [-0.25, -0.2) is 0 Å². The first-order valence-corrected chi connectivity index (χ1v) is 10.4.